The number of nitrogens with two attached hydrogens (primary N) is 2. The molecule has 0 bridgehead atoms. The van der Waals surface area contributed by atoms with Gasteiger partial charge < -0.3 is 0 Å². The van der Waals surface area contributed by atoms with Crippen LogP contribution in [0.4, 0.5) is 0 Å². The van der Waals surface area contributed by atoms with Gasteiger partial charge in [0.15, 0.2) is 0 Å². The normalized spacial score (nSPS) is 13.0. The van der Waals surface area contributed by atoms with Crippen molar-refractivity contribution < 1.29 is 10.4 Å². The molecule has 0 aliphatic rings. The third kappa shape index (κ3) is 3.79. The Bertz CT molecular complexity index is 875. The van der Waals surface area contributed by atoms with Crippen LogP contribution in [0.3, 0.4) is 0 Å². The molecule has 0 spiro atoms. The number of hydroxylamine groups is 1. The summed E-state index contributed by atoms with van der Waals surface area (Å²) in [7, 11) is 0. The minimum atomic E-state index is -0.592. The Morgan fingerprint density at radius 1 is 1.04 bits per heavy atom. The summed E-state index contributed by atoms with van der Waals surface area (Å²) in [5.74, 6) is -0.00746. The van der Waals surface area contributed by atoms with Gasteiger partial charge in [0, 0.05) is 0 Å². The molecule has 0 fully saturated rings. The van der Waals surface area contributed by atoms with E-state index in [1.54, 1.807) is 12.3 Å². The van der Waals surface area contributed by atoms with Crippen molar-refractivity contribution in [1.29, 1.82) is 0 Å². The number of nitrogens with one attached hydrogen (secondary N) is 1. The summed E-state index contributed by atoms with van der Waals surface area (Å²) in [6.45, 7) is 0. The van der Waals surface area contributed by atoms with Crippen molar-refractivity contribution in [3.63, 3.8) is 0 Å². The second-order valence-corrected chi connectivity index (χ2v) is 7.58. The number of aromatic nitrogens is 1. The standard InChI is InChI=1S/C17H17N5O2Se/c18-16(21-23)11-3-1-10(2-4-11)14-7-8-15(25-14)12-5-6-13(20-9-12)17(19)22-24/h1-9,16,21,23-24H,18H2,(H2,19,22). The molecule has 8 heteroatoms. The maximum absolute atomic E-state index is 8.87. The molecule has 0 aliphatic carbocycles. The molecular weight excluding hydrogens is 385 g/mol. The van der Waals surface area contributed by atoms with Gasteiger partial charge in [0.25, 0.3) is 0 Å². The van der Waals surface area contributed by atoms with Gasteiger partial charge in [-0.25, -0.2) is 0 Å². The number of benzene rings is 1. The molecular formula is C17H17N5O2Se. The SMILES string of the molecule is N/C(=N\O)c1ccc(-c2ccc(-c3ccc(C(N)NO)cc3)[se]2)cn1. The molecule has 0 saturated carbocycles. The van der Waals surface area contributed by atoms with Crippen LogP contribution < -0.4 is 16.9 Å². The number of hydrogen-bond donors (Lipinski definition) is 5. The van der Waals surface area contributed by atoms with Crippen LogP contribution in [0.5, 0.6) is 0 Å². The molecule has 0 aliphatic heterocycles. The third-order valence-corrected chi connectivity index (χ3v) is 6.20. The van der Waals surface area contributed by atoms with Gasteiger partial charge in [-0.3, -0.25) is 0 Å². The Morgan fingerprint density at radius 2 is 1.68 bits per heavy atom. The molecule has 7 nitrogen and oxygen atoms in total. The van der Waals surface area contributed by atoms with E-state index in [0.29, 0.717) is 5.69 Å². The van der Waals surface area contributed by atoms with Crippen molar-refractivity contribution in [3.05, 3.63) is 66.0 Å². The van der Waals surface area contributed by atoms with Crippen LogP contribution in [0, 0.1) is 0 Å². The first-order valence-electron chi connectivity index (χ1n) is 7.42. The van der Waals surface area contributed by atoms with Crippen molar-refractivity contribution in [3.8, 4) is 20.0 Å². The Kier molecular flexibility index (Phi) is 5.28. The first-order chi connectivity index (χ1) is 12.1. The summed E-state index contributed by atoms with van der Waals surface area (Å²) in [6, 6.07) is 15.6. The predicted molar refractivity (Wildman–Crippen MR) is 96.4 cm³/mol. The third-order valence-electron chi connectivity index (χ3n) is 3.72. The Hall–Kier alpha value is -2.48. The predicted octanol–water partition coefficient (Wildman–Crippen LogP) is 1.50. The molecule has 7 N–H and O–H groups in total. The van der Waals surface area contributed by atoms with Crippen molar-refractivity contribution in [2.24, 2.45) is 16.6 Å². The zero-order valence-corrected chi connectivity index (χ0v) is 14.8. The number of oxime groups is 1. The van der Waals surface area contributed by atoms with Gasteiger partial charge >= 0.3 is 150 Å². The molecule has 128 valence electrons. The quantitative estimate of drug-likeness (QED) is 0.110. The number of rotatable bonds is 5. The van der Waals surface area contributed by atoms with Crippen LogP contribution in [0.15, 0.2) is 59.9 Å². The Labute approximate surface area is 150 Å². The summed E-state index contributed by atoms with van der Waals surface area (Å²) in [5.41, 5.74) is 16.7. The fraction of sp³-hybridized carbons (Fsp3) is 0.0588. The van der Waals surface area contributed by atoms with E-state index >= 15 is 0 Å². The fourth-order valence-corrected chi connectivity index (χ4v) is 4.42. The summed E-state index contributed by atoms with van der Waals surface area (Å²) in [6.07, 6.45) is 1.14. The van der Waals surface area contributed by atoms with Crippen molar-refractivity contribution in [2.45, 2.75) is 6.17 Å². The van der Waals surface area contributed by atoms with Crippen LogP contribution >= 0.6 is 0 Å². The molecule has 0 amide bonds. The molecule has 0 radical (unpaired) electrons. The van der Waals surface area contributed by atoms with Crippen LogP contribution in [0.1, 0.15) is 17.4 Å². The van der Waals surface area contributed by atoms with Gasteiger partial charge in [0.2, 0.25) is 0 Å². The number of amidine groups is 1. The average Bonchev–Trinajstić information content (AvgIpc) is 3.17. The van der Waals surface area contributed by atoms with E-state index in [4.69, 9.17) is 21.9 Å². The number of nitrogens with zero attached hydrogens (tertiary/aromatic N) is 2. The molecule has 25 heavy (non-hydrogen) atoms. The molecule has 0 saturated heterocycles. The van der Waals surface area contributed by atoms with Crippen LogP contribution in [0.25, 0.3) is 20.0 Å². The number of pyridine rings is 1. The molecule has 1 atom stereocenters. The Balaban J connectivity index is 1.82. The van der Waals surface area contributed by atoms with Gasteiger partial charge in [-0.15, -0.1) is 0 Å². The zero-order valence-electron chi connectivity index (χ0n) is 13.1. The summed E-state index contributed by atoms with van der Waals surface area (Å²) < 4.78 is 2.46. The van der Waals surface area contributed by atoms with Gasteiger partial charge in [-0.2, -0.15) is 0 Å². The second-order valence-electron chi connectivity index (χ2n) is 5.31. The minimum absolute atomic E-state index is 0.00746. The molecule has 2 aromatic heterocycles. The van der Waals surface area contributed by atoms with E-state index in [1.165, 1.54) is 8.87 Å². The van der Waals surface area contributed by atoms with Gasteiger partial charge in [0.1, 0.15) is 0 Å². The topological polar surface area (TPSA) is 130 Å². The first kappa shape index (κ1) is 17.3. The van der Waals surface area contributed by atoms with Crippen molar-refractivity contribution in [2.75, 3.05) is 0 Å². The van der Waals surface area contributed by atoms with Crippen LogP contribution in [-0.4, -0.2) is 35.7 Å². The van der Waals surface area contributed by atoms with Crippen LogP contribution in [-0.2, 0) is 0 Å². The molecule has 3 rings (SSSR count). The van der Waals surface area contributed by atoms with Gasteiger partial charge in [-0.05, 0) is 0 Å². The van der Waals surface area contributed by atoms with E-state index in [-0.39, 0.29) is 20.3 Å². The molecule has 2 heterocycles. The van der Waals surface area contributed by atoms with Gasteiger partial charge in [0.05, 0.1) is 0 Å². The van der Waals surface area contributed by atoms with Crippen LogP contribution in [0.2, 0.25) is 0 Å². The van der Waals surface area contributed by atoms with Gasteiger partial charge in [-0.1, -0.05) is 0 Å². The maximum atomic E-state index is 8.87. The number of hydrogen-bond acceptors (Lipinski definition) is 6. The fourth-order valence-electron chi connectivity index (χ4n) is 2.32. The zero-order chi connectivity index (χ0) is 17.8. The first-order valence-corrected chi connectivity index (χ1v) is 9.13. The van der Waals surface area contributed by atoms with Crippen molar-refractivity contribution >= 4 is 20.3 Å². The Morgan fingerprint density at radius 3 is 2.24 bits per heavy atom. The molecule has 1 unspecified atom stereocenters. The monoisotopic (exact) mass is 403 g/mol. The van der Waals surface area contributed by atoms with Crippen molar-refractivity contribution in [1.82, 2.24) is 10.5 Å². The molecule has 3 aromatic rings. The average molecular weight is 402 g/mol. The van der Waals surface area contributed by atoms with E-state index in [9.17, 15) is 0 Å². The summed E-state index contributed by atoms with van der Waals surface area (Å²) >= 11 is 0.151. The van der Waals surface area contributed by atoms with E-state index in [2.05, 4.69) is 22.3 Å². The summed E-state index contributed by atoms with van der Waals surface area (Å²) in [5, 5.41) is 20.5. The second kappa shape index (κ2) is 7.60. The van der Waals surface area contributed by atoms with E-state index in [0.717, 1.165) is 16.7 Å². The van der Waals surface area contributed by atoms with E-state index < -0.39 is 6.17 Å². The van der Waals surface area contributed by atoms with E-state index in [1.807, 2.05) is 35.8 Å². The summed E-state index contributed by atoms with van der Waals surface area (Å²) in [4.78, 5) is 4.22. The molecule has 1 aromatic carbocycles.